The Morgan fingerprint density at radius 1 is 1.07 bits per heavy atom. The monoisotopic (exact) mass is 237 g/mol. The molecule has 2 heterocycles. The average Bonchev–Trinajstić information content (AvgIpc) is 2.69. The molecule has 0 fully saturated rings. The van der Waals surface area contributed by atoms with E-state index in [1.807, 2.05) is 18.2 Å². The van der Waals surface area contributed by atoms with Gasteiger partial charge in [-0.2, -0.15) is 0 Å². The first-order valence-corrected chi connectivity index (χ1v) is 5.13. The minimum absolute atomic E-state index is 0.379. The lowest BCUT2D eigenvalue weighted by molar-refractivity contribution is 0.615. The molecule has 0 unspecified atom stereocenters. The van der Waals surface area contributed by atoms with Crippen molar-refractivity contribution in [3.8, 4) is 0 Å². The van der Waals surface area contributed by atoms with Crippen LogP contribution in [0.4, 0.5) is 0 Å². The van der Waals surface area contributed by atoms with Gasteiger partial charge < -0.3 is 4.42 Å². The van der Waals surface area contributed by atoms with E-state index in [2.05, 4.69) is 4.98 Å². The molecule has 4 heteroatoms. The standard InChI is InChI=1S/C11H5Cl2NO/c12-6-1-2-9-8(5-6)7-3-4-15-10(7)11(13)14-9/h1-5H. The van der Waals surface area contributed by atoms with Crippen LogP contribution in [0.15, 0.2) is 34.9 Å². The molecule has 15 heavy (non-hydrogen) atoms. The van der Waals surface area contributed by atoms with Crippen molar-refractivity contribution in [2.45, 2.75) is 0 Å². The van der Waals surface area contributed by atoms with E-state index in [1.54, 1.807) is 12.3 Å². The molecular formula is C11H5Cl2NO. The third kappa shape index (κ3) is 1.29. The quantitative estimate of drug-likeness (QED) is 0.546. The van der Waals surface area contributed by atoms with Crippen molar-refractivity contribution in [2.24, 2.45) is 0 Å². The number of halogens is 2. The molecule has 2 nitrogen and oxygen atoms in total. The molecule has 0 amide bonds. The summed E-state index contributed by atoms with van der Waals surface area (Å²) >= 11 is 11.9. The SMILES string of the molecule is Clc1ccc2nc(Cl)c3occc3c2c1. The highest BCUT2D eigenvalue weighted by Gasteiger charge is 2.09. The summed E-state index contributed by atoms with van der Waals surface area (Å²) in [6.07, 6.45) is 1.60. The minimum atomic E-state index is 0.379. The van der Waals surface area contributed by atoms with E-state index in [4.69, 9.17) is 27.6 Å². The van der Waals surface area contributed by atoms with Gasteiger partial charge in [0.25, 0.3) is 0 Å². The predicted octanol–water partition coefficient (Wildman–Crippen LogP) is 4.29. The average molecular weight is 238 g/mol. The van der Waals surface area contributed by atoms with Crippen LogP contribution in [0, 0.1) is 0 Å². The van der Waals surface area contributed by atoms with Crippen molar-refractivity contribution >= 4 is 45.1 Å². The summed E-state index contributed by atoms with van der Waals surface area (Å²) in [4.78, 5) is 4.23. The van der Waals surface area contributed by atoms with Crippen LogP contribution < -0.4 is 0 Å². The number of nitrogens with zero attached hydrogens (tertiary/aromatic N) is 1. The molecule has 0 saturated heterocycles. The highest BCUT2D eigenvalue weighted by Crippen LogP contribution is 2.31. The van der Waals surface area contributed by atoms with Crippen LogP contribution >= 0.6 is 23.2 Å². The summed E-state index contributed by atoms with van der Waals surface area (Å²) in [7, 11) is 0. The normalized spacial score (nSPS) is 11.3. The number of hydrogen-bond acceptors (Lipinski definition) is 2. The van der Waals surface area contributed by atoms with Gasteiger partial charge in [-0.1, -0.05) is 23.2 Å². The molecule has 0 aliphatic carbocycles. The molecule has 2 aromatic heterocycles. The van der Waals surface area contributed by atoms with Gasteiger partial charge in [0.15, 0.2) is 10.7 Å². The molecule has 3 rings (SSSR count). The molecule has 3 aromatic rings. The van der Waals surface area contributed by atoms with Gasteiger partial charge in [0.2, 0.25) is 0 Å². The second-order valence-corrected chi connectivity index (χ2v) is 4.02. The predicted molar refractivity (Wildman–Crippen MR) is 61.5 cm³/mol. The number of hydrogen-bond donors (Lipinski definition) is 0. The molecule has 0 saturated carbocycles. The molecule has 1 aromatic carbocycles. The van der Waals surface area contributed by atoms with Crippen molar-refractivity contribution in [3.63, 3.8) is 0 Å². The molecule has 0 aliphatic rings. The summed E-state index contributed by atoms with van der Waals surface area (Å²) in [5.74, 6) is 0. The van der Waals surface area contributed by atoms with Crippen LogP contribution in [0.5, 0.6) is 0 Å². The lowest BCUT2D eigenvalue weighted by Gasteiger charge is -2.00. The topological polar surface area (TPSA) is 26.0 Å². The molecular weight excluding hydrogens is 233 g/mol. The van der Waals surface area contributed by atoms with Gasteiger partial charge in [0.05, 0.1) is 11.8 Å². The maximum Gasteiger partial charge on any atom is 0.172 e. The Balaban J connectivity index is 2.61. The van der Waals surface area contributed by atoms with Crippen LogP contribution in [0.1, 0.15) is 0 Å². The summed E-state index contributed by atoms with van der Waals surface area (Å²) in [5.41, 5.74) is 1.42. The van der Waals surface area contributed by atoms with Crippen molar-refractivity contribution in [1.82, 2.24) is 4.98 Å². The molecule has 0 spiro atoms. The number of aromatic nitrogens is 1. The summed E-state index contributed by atoms with van der Waals surface area (Å²) in [6, 6.07) is 7.36. The number of furan rings is 1. The van der Waals surface area contributed by atoms with Gasteiger partial charge in [-0.05, 0) is 24.3 Å². The molecule has 74 valence electrons. The van der Waals surface area contributed by atoms with Crippen LogP contribution in [0.3, 0.4) is 0 Å². The number of fused-ring (bicyclic) bond motifs is 3. The Morgan fingerprint density at radius 2 is 1.93 bits per heavy atom. The van der Waals surface area contributed by atoms with Crippen LogP contribution in [-0.4, -0.2) is 4.98 Å². The van der Waals surface area contributed by atoms with E-state index in [0.29, 0.717) is 15.8 Å². The lowest BCUT2D eigenvalue weighted by atomic mass is 10.1. The molecule has 0 radical (unpaired) electrons. The van der Waals surface area contributed by atoms with Crippen LogP contribution in [0.2, 0.25) is 10.2 Å². The Morgan fingerprint density at radius 3 is 2.80 bits per heavy atom. The Kier molecular flexibility index (Phi) is 1.87. The van der Waals surface area contributed by atoms with Crippen molar-refractivity contribution in [1.29, 1.82) is 0 Å². The minimum Gasteiger partial charge on any atom is -0.461 e. The Bertz CT molecular complexity index is 660. The zero-order chi connectivity index (χ0) is 10.4. The molecule has 0 aliphatic heterocycles. The van der Waals surface area contributed by atoms with E-state index in [0.717, 1.165) is 16.3 Å². The number of benzene rings is 1. The van der Waals surface area contributed by atoms with Gasteiger partial charge in [0, 0.05) is 15.8 Å². The Labute approximate surface area is 95.4 Å². The second-order valence-electron chi connectivity index (χ2n) is 3.23. The van der Waals surface area contributed by atoms with E-state index in [1.165, 1.54) is 0 Å². The summed E-state index contributed by atoms with van der Waals surface area (Å²) in [5, 5.41) is 2.95. The van der Waals surface area contributed by atoms with Gasteiger partial charge in [-0.15, -0.1) is 0 Å². The first kappa shape index (κ1) is 9.01. The third-order valence-electron chi connectivity index (χ3n) is 2.32. The number of pyridine rings is 1. The maximum absolute atomic E-state index is 5.98. The van der Waals surface area contributed by atoms with E-state index >= 15 is 0 Å². The fourth-order valence-corrected chi connectivity index (χ4v) is 2.07. The van der Waals surface area contributed by atoms with Crippen molar-refractivity contribution < 1.29 is 4.42 Å². The first-order chi connectivity index (χ1) is 7.25. The van der Waals surface area contributed by atoms with Gasteiger partial charge in [-0.3, -0.25) is 0 Å². The number of rotatable bonds is 0. The van der Waals surface area contributed by atoms with Crippen molar-refractivity contribution in [2.75, 3.05) is 0 Å². The first-order valence-electron chi connectivity index (χ1n) is 4.38. The van der Waals surface area contributed by atoms with E-state index in [9.17, 15) is 0 Å². The maximum atomic E-state index is 5.98. The fraction of sp³-hybridized carbons (Fsp3) is 0. The second kappa shape index (κ2) is 3.12. The summed E-state index contributed by atoms with van der Waals surface area (Å²) in [6.45, 7) is 0. The summed E-state index contributed by atoms with van der Waals surface area (Å²) < 4.78 is 5.26. The van der Waals surface area contributed by atoms with Gasteiger partial charge in [0.1, 0.15) is 0 Å². The van der Waals surface area contributed by atoms with Gasteiger partial charge >= 0.3 is 0 Å². The third-order valence-corrected chi connectivity index (χ3v) is 2.81. The fourth-order valence-electron chi connectivity index (χ4n) is 1.66. The van der Waals surface area contributed by atoms with Crippen LogP contribution in [-0.2, 0) is 0 Å². The Hall–Kier alpha value is -1.25. The zero-order valence-corrected chi connectivity index (χ0v) is 9.01. The van der Waals surface area contributed by atoms with Crippen molar-refractivity contribution in [3.05, 3.63) is 40.7 Å². The van der Waals surface area contributed by atoms with Gasteiger partial charge in [-0.25, -0.2) is 4.98 Å². The van der Waals surface area contributed by atoms with E-state index < -0.39 is 0 Å². The zero-order valence-electron chi connectivity index (χ0n) is 7.50. The van der Waals surface area contributed by atoms with Crippen LogP contribution in [0.25, 0.3) is 21.9 Å². The molecule has 0 atom stereocenters. The molecule has 0 N–H and O–H groups in total. The smallest absolute Gasteiger partial charge is 0.172 e. The molecule has 0 bridgehead atoms. The van der Waals surface area contributed by atoms with E-state index in [-0.39, 0.29) is 0 Å². The largest absolute Gasteiger partial charge is 0.461 e. The highest BCUT2D eigenvalue weighted by molar-refractivity contribution is 6.35. The highest BCUT2D eigenvalue weighted by atomic mass is 35.5. The lowest BCUT2D eigenvalue weighted by Crippen LogP contribution is -1.81.